The standard InChI is InChI=1S/C16H26N2O2/c1-12(10-13-5-6-16(20)15(17)11-13)18-8-3-2-4-14(18)7-9-19/h5-6,11-12,14,19-20H,2-4,7-10,17H2,1H3. The van der Waals surface area contributed by atoms with Gasteiger partial charge in [-0.15, -0.1) is 0 Å². The van der Waals surface area contributed by atoms with Crippen molar-refractivity contribution in [2.24, 2.45) is 0 Å². The number of aliphatic hydroxyl groups excluding tert-OH is 1. The maximum Gasteiger partial charge on any atom is 0.138 e. The summed E-state index contributed by atoms with van der Waals surface area (Å²) in [5.74, 6) is 0.150. The van der Waals surface area contributed by atoms with Crippen molar-refractivity contribution < 1.29 is 10.2 Å². The molecule has 4 N–H and O–H groups in total. The second kappa shape index (κ2) is 6.95. The molecule has 4 heteroatoms. The average molecular weight is 278 g/mol. The van der Waals surface area contributed by atoms with E-state index in [4.69, 9.17) is 5.73 Å². The number of likely N-dealkylation sites (tertiary alicyclic amines) is 1. The third kappa shape index (κ3) is 3.64. The van der Waals surface area contributed by atoms with Crippen molar-refractivity contribution in [1.29, 1.82) is 0 Å². The SMILES string of the molecule is CC(Cc1ccc(O)c(N)c1)N1CCCCC1CCO. The van der Waals surface area contributed by atoms with Crippen molar-refractivity contribution in [2.75, 3.05) is 18.9 Å². The number of benzene rings is 1. The Labute approximate surface area is 121 Å². The molecule has 2 atom stereocenters. The largest absolute Gasteiger partial charge is 0.506 e. The van der Waals surface area contributed by atoms with Gasteiger partial charge in [0, 0.05) is 18.7 Å². The van der Waals surface area contributed by atoms with Gasteiger partial charge < -0.3 is 15.9 Å². The van der Waals surface area contributed by atoms with E-state index in [9.17, 15) is 10.2 Å². The van der Waals surface area contributed by atoms with E-state index in [0.29, 0.717) is 17.8 Å². The Hall–Kier alpha value is -1.26. The summed E-state index contributed by atoms with van der Waals surface area (Å²) in [6.07, 6.45) is 5.47. The maximum absolute atomic E-state index is 9.48. The van der Waals surface area contributed by atoms with Gasteiger partial charge in [-0.2, -0.15) is 0 Å². The van der Waals surface area contributed by atoms with Crippen molar-refractivity contribution in [3.8, 4) is 5.75 Å². The van der Waals surface area contributed by atoms with Gasteiger partial charge in [0.2, 0.25) is 0 Å². The van der Waals surface area contributed by atoms with Crippen LogP contribution in [0.25, 0.3) is 0 Å². The molecule has 112 valence electrons. The summed E-state index contributed by atoms with van der Waals surface area (Å²) in [5, 5.41) is 18.7. The number of aliphatic hydroxyl groups is 1. The third-order valence-corrected chi connectivity index (χ3v) is 4.32. The molecular formula is C16H26N2O2. The number of hydrogen-bond donors (Lipinski definition) is 3. The number of phenolic OH excluding ortho intramolecular Hbond substituents is 1. The summed E-state index contributed by atoms with van der Waals surface area (Å²) in [6.45, 7) is 3.61. The van der Waals surface area contributed by atoms with Gasteiger partial charge in [0.15, 0.2) is 0 Å². The van der Waals surface area contributed by atoms with Crippen LogP contribution in [0.2, 0.25) is 0 Å². The van der Waals surface area contributed by atoms with Crippen molar-refractivity contribution in [2.45, 2.75) is 51.1 Å². The highest BCUT2D eigenvalue weighted by molar-refractivity contribution is 5.53. The minimum Gasteiger partial charge on any atom is -0.506 e. The molecule has 0 saturated carbocycles. The molecule has 1 aromatic rings. The number of nitrogens with two attached hydrogens (primary N) is 1. The van der Waals surface area contributed by atoms with E-state index in [1.54, 1.807) is 6.07 Å². The Bertz CT molecular complexity index is 434. The molecule has 0 aliphatic carbocycles. The van der Waals surface area contributed by atoms with Crippen LogP contribution in [0.3, 0.4) is 0 Å². The summed E-state index contributed by atoms with van der Waals surface area (Å²) in [4.78, 5) is 2.52. The van der Waals surface area contributed by atoms with E-state index >= 15 is 0 Å². The van der Waals surface area contributed by atoms with Crippen LogP contribution in [0, 0.1) is 0 Å². The maximum atomic E-state index is 9.48. The van der Waals surface area contributed by atoms with E-state index < -0.39 is 0 Å². The number of rotatable bonds is 5. The highest BCUT2D eigenvalue weighted by Crippen LogP contribution is 2.25. The number of nitrogen functional groups attached to an aromatic ring is 1. The van der Waals surface area contributed by atoms with Gasteiger partial charge in [0.1, 0.15) is 5.75 Å². The van der Waals surface area contributed by atoms with Gasteiger partial charge in [-0.3, -0.25) is 4.90 Å². The summed E-state index contributed by atoms with van der Waals surface area (Å²) >= 11 is 0. The van der Waals surface area contributed by atoms with Crippen LogP contribution in [-0.4, -0.2) is 40.3 Å². The summed E-state index contributed by atoms with van der Waals surface area (Å²) in [5.41, 5.74) is 7.35. The monoisotopic (exact) mass is 278 g/mol. The lowest BCUT2D eigenvalue weighted by molar-refractivity contribution is 0.0827. The van der Waals surface area contributed by atoms with Crippen molar-refractivity contribution in [3.63, 3.8) is 0 Å². The molecule has 20 heavy (non-hydrogen) atoms. The summed E-state index contributed by atoms with van der Waals surface area (Å²) in [6, 6.07) is 6.39. The Morgan fingerprint density at radius 3 is 2.90 bits per heavy atom. The fourth-order valence-electron chi connectivity index (χ4n) is 3.25. The van der Waals surface area contributed by atoms with E-state index in [1.165, 1.54) is 19.3 Å². The number of nitrogens with zero attached hydrogens (tertiary/aromatic N) is 1. The fourth-order valence-corrected chi connectivity index (χ4v) is 3.25. The normalized spacial score (nSPS) is 21.8. The van der Waals surface area contributed by atoms with Crippen LogP contribution in [0.1, 0.15) is 38.2 Å². The number of piperidine rings is 1. The smallest absolute Gasteiger partial charge is 0.138 e. The number of hydrogen-bond acceptors (Lipinski definition) is 4. The van der Waals surface area contributed by atoms with E-state index in [-0.39, 0.29) is 12.4 Å². The minimum atomic E-state index is 0.150. The zero-order valence-corrected chi connectivity index (χ0v) is 12.3. The molecule has 0 spiro atoms. The molecule has 1 heterocycles. The Morgan fingerprint density at radius 1 is 1.40 bits per heavy atom. The molecule has 0 bridgehead atoms. The van der Waals surface area contributed by atoms with Crippen LogP contribution in [-0.2, 0) is 6.42 Å². The number of phenols is 1. The molecule has 4 nitrogen and oxygen atoms in total. The molecule has 1 fully saturated rings. The molecular weight excluding hydrogens is 252 g/mol. The highest BCUT2D eigenvalue weighted by Gasteiger charge is 2.26. The molecule has 0 aromatic heterocycles. The molecule has 1 aliphatic rings. The third-order valence-electron chi connectivity index (χ3n) is 4.32. The number of aromatic hydroxyl groups is 1. The molecule has 0 radical (unpaired) electrons. The van der Waals surface area contributed by atoms with Crippen LogP contribution in [0.5, 0.6) is 5.75 Å². The quantitative estimate of drug-likeness (QED) is 0.570. The lowest BCUT2D eigenvalue weighted by atomic mass is 9.95. The minimum absolute atomic E-state index is 0.150. The van der Waals surface area contributed by atoms with E-state index in [0.717, 1.165) is 24.9 Å². The molecule has 0 amide bonds. The predicted octanol–water partition coefficient (Wildman–Crippen LogP) is 2.14. The van der Waals surface area contributed by atoms with Crippen molar-refractivity contribution in [3.05, 3.63) is 23.8 Å². The lowest BCUT2D eigenvalue weighted by Crippen LogP contribution is -2.46. The van der Waals surface area contributed by atoms with Crippen LogP contribution in [0.4, 0.5) is 5.69 Å². The molecule has 2 rings (SSSR count). The van der Waals surface area contributed by atoms with Gasteiger partial charge >= 0.3 is 0 Å². The van der Waals surface area contributed by atoms with Crippen molar-refractivity contribution >= 4 is 5.69 Å². The Balaban J connectivity index is 2.01. The first-order valence-corrected chi connectivity index (χ1v) is 7.55. The molecule has 2 unspecified atom stereocenters. The first kappa shape index (κ1) is 15.1. The predicted molar refractivity (Wildman–Crippen MR) is 81.7 cm³/mol. The van der Waals surface area contributed by atoms with Gasteiger partial charge in [-0.05, 0) is 56.8 Å². The second-order valence-electron chi connectivity index (χ2n) is 5.85. The molecule has 1 aliphatic heterocycles. The fraction of sp³-hybridized carbons (Fsp3) is 0.625. The van der Waals surface area contributed by atoms with E-state index in [1.807, 2.05) is 12.1 Å². The zero-order chi connectivity index (χ0) is 14.5. The van der Waals surface area contributed by atoms with Crippen LogP contribution < -0.4 is 5.73 Å². The van der Waals surface area contributed by atoms with Gasteiger partial charge in [0.05, 0.1) is 5.69 Å². The van der Waals surface area contributed by atoms with Crippen LogP contribution >= 0.6 is 0 Å². The van der Waals surface area contributed by atoms with Crippen molar-refractivity contribution in [1.82, 2.24) is 4.90 Å². The Kier molecular flexibility index (Phi) is 5.26. The van der Waals surface area contributed by atoms with Gasteiger partial charge in [0.25, 0.3) is 0 Å². The number of anilines is 1. The first-order chi connectivity index (χ1) is 9.61. The molecule has 1 saturated heterocycles. The first-order valence-electron chi connectivity index (χ1n) is 7.55. The van der Waals surface area contributed by atoms with E-state index in [2.05, 4.69) is 11.8 Å². The summed E-state index contributed by atoms with van der Waals surface area (Å²) in [7, 11) is 0. The topological polar surface area (TPSA) is 69.7 Å². The zero-order valence-electron chi connectivity index (χ0n) is 12.3. The summed E-state index contributed by atoms with van der Waals surface area (Å²) < 4.78 is 0. The second-order valence-corrected chi connectivity index (χ2v) is 5.85. The molecule has 1 aromatic carbocycles. The average Bonchev–Trinajstić information content (AvgIpc) is 2.44. The highest BCUT2D eigenvalue weighted by atomic mass is 16.3. The van der Waals surface area contributed by atoms with Gasteiger partial charge in [-0.25, -0.2) is 0 Å². The lowest BCUT2D eigenvalue weighted by Gasteiger charge is -2.40. The van der Waals surface area contributed by atoms with Gasteiger partial charge in [-0.1, -0.05) is 12.5 Å². The Morgan fingerprint density at radius 2 is 2.20 bits per heavy atom. The van der Waals surface area contributed by atoms with Crippen LogP contribution in [0.15, 0.2) is 18.2 Å².